The van der Waals surface area contributed by atoms with Crippen LogP contribution in [0.4, 0.5) is 23.1 Å². The van der Waals surface area contributed by atoms with Gasteiger partial charge in [0.15, 0.2) is 0 Å². The lowest BCUT2D eigenvalue weighted by molar-refractivity contribution is -0.383. The molecule has 142 valence electrons. The highest BCUT2D eigenvalue weighted by Gasteiger charge is 2.23. The Labute approximate surface area is 167 Å². The Morgan fingerprint density at radius 3 is 2.50 bits per heavy atom. The quantitative estimate of drug-likeness (QED) is 0.374. The number of carbonyl (C=O) groups excluding carboxylic acids is 1. The van der Waals surface area contributed by atoms with Crippen molar-refractivity contribution in [1.29, 1.82) is 0 Å². The molecule has 0 spiro atoms. The van der Waals surface area contributed by atoms with Crippen LogP contribution < -0.4 is 16.2 Å². The first-order valence-electron chi connectivity index (χ1n) is 7.99. The van der Waals surface area contributed by atoms with Crippen LogP contribution in [0.5, 0.6) is 0 Å². The molecular formula is C17H14BrN7O3. The first-order valence-corrected chi connectivity index (χ1v) is 8.79. The first kappa shape index (κ1) is 19.2. The van der Waals surface area contributed by atoms with Gasteiger partial charge in [-0.05, 0) is 33.6 Å². The summed E-state index contributed by atoms with van der Waals surface area (Å²) in [7, 11) is 0. The fraction of sp³-hybridized carbons (Fsp3) is 0.0588. The number of hydrazine groups is 1. The second kappa shape index (κ2) is 8.86. The minimum absolute atomic E-state index is 0.0605. The number of anilines is 3. The molecule has 0 fully saturated rings. The van der Waals surface area contributed by atoms with Gasteiger partial charge in [-0.2, -0.15) is 0 Å². The molecule has 0 unspecified atom stereocenters. The topological polar surface area (TPSA) is 135 Å². The third-order valence-corrected chi connectivity index (χ3v) is 3.98. The Morgan fingerprint density at radius 1 is 1.07 bits per heavy atom. The smallest absolute Gasteiger partial charge is 0.319 e. The molecule has 3 aromatic rings. The molecule has 0 saturated heterocycles. The maximum Gasteiger partial charge on any atom is 0.355 e. The fourth-order valence-electron chi connectivity index (χ4n) is 2.26. The number of amides is 1. The lowest BCUT2D eigenvalue weighted by Crippen LogP contribution is -2.31. The van der Waals surface area contributed by atoms with E-state index in [4.69, 9.17) is 0 Å². The minimum Gasteiger partial charge on any atom is -0.319 e. The van der Waals surface area contributed by atoms with E-state index in [1.165, 1.54) is 0 Å². The van der Waals surface area contributed by atoms with Gasteiger partial charge in [0.2, 0.25) is 17.5 Å². The number of carbonyl (C=O) groups is 1. The van der Waals surface area contributed by atoms with E-state index in [1.807, 2.05) is 18.2 Å². The first-order chi connectivity index (χ1) is 13.5. The zero-order valence-corrected chi connectivity index (χ0v) is 15.9. The summed E-state index contributed by atoms with van der Waals surface area (Å²) in [6.45, 7) is 0. The van der Waals surface area contributed by atoms with Crippen LogP contribution in [0.1, 0.15) is 5.56 Å². The maximum absolute atomic E-state index is 12.1. The van der Waals surface area contributed by atoms with E-state index in [0.717, 1.165) is 16.4 Å². The largest absolute Gasteiger partial charge is 0.355 e. The molecule has 2 aromatic heterocycles. The van der Waals surface area contributed by atoms with Crippen LogP contribution in [0.15, 0.2) is 59.5 Å². The fourth-order valence-corrected chi connectivity index (χ4v) is 2.49. The number of halogens is 1. The number of rotatable bonds is 7. The molecule has 3 N–H and O–H groups in total. The summed E-state index contributed by atoms with van der Waals surface area (Å²) in [5, 5.41) is 14.3. The molecule has 0 aliphatic rings. The van der Waals surface area contributed by atoms with Crippen LogP contribution in [0.3, 0.4) is 0 Å². The van der Waals surface area contributed by atoms with Crippen molar-refractivity contribution in [2.75, 3.05) is 10.7 Å². The van der Waals surface area contributed by atoms with E-state index < -0.39 is 10.6 Å². The SMILES string of the molecule is O=C(Cc1ccccc1)NNc1ncnc(Nc2ccc(Br)cn2)c1[N+](=O)[O-]. The van der Waals surface area contributed by atoms with Gasteiger partial charge in [0, 0.05) is 10.7 Å². The van der Waals surface area contributed by atoms with Crippen molar-refractivity contribution in [3.8, 4) is 0 Å². The van der Waals surface area contributed by atoms with Gasteiger partial charge in [0.1, 0.15) is 12.1 Å². The van der Waals surface area contributed by atoms with Crippen molar-refractivity contribution in [2.24, 2.45) is 0 Å². The van der Waals surface area contributed by atoms with Gasteiger partial charge in [-0.15, -0.1) is 0 Å². The molecule has 1 amide bonds. The van der Waals surface area contributed by atoms with Gasteiger partial charge in [0.25, 0.3) is 0 Å². The molecule has 11 heteroatoms. The number of nitrogens with zero attached hydrogens (tertiary/aromatic N) is 4. The van der Waals surface area contributed by atoms with Gasteiger partial charge in [-0.25, -0.2) is 15.0 Å². The van der Waals surface area contributed by atoms with E-state index in [0.29, 0.717) is 5.82 Å². The van der Waals surface area contributed by atoms with Crippen LogP contribution in [0.2, 0.25) is 0 Å². The molecule has 0 saturated carbocycles. The Balaban J connectivity index is 1.74. The average molecular weight is 444 g/mol. The molecule has 0 aliphatic heterocycles. The zero-order chi connectivity index (χ0) is 19.9. The summed E-state index contributed by atoms with van der Waals surface area (Å²) >= 11 is 3.26. The number of hydrogen-bond acceptors (Lipinski definition) is 8. The predicted octanol–water partition coefficient (Wildman–Crippen LogP) is 2.97. The lowest BCUT2D eigenvalue weighted by Gasteiger charge is -2.10. The summed E-state index contributed by atoms with van der Waals surface area (Å²) in [4.78, 5) is 34.8. The Morgan fingerprint density at radius 2 is 1.82 bits per heavy atom. The van der Waals surface area contributed by atoms with E-state index in [9.17, 15) is 14.9 Å². The van der Waals surface area contributed by atoms with Crippen LogP contribution in [-0.4, -0.2) is 25.8 Å². The molecule has 0 radical (unpaired) electrons. The van der Waals surface area contributed by atoms with E-state index >= 15 is 0 Å². The monoisotopic (exact) mass is 443 g/mol. The molecular weight excluding hydrogens is 430 g/mol. The van der Waals surface area contributed by atoms with Crippen molar-refractivity contribution >= 4 is 45.0 Å². The predicted molar refractivity (Wildman–Crippen MR) is 106 cm³/mol. The Kier molecular flexibility index (Phi) is 6.07. The van der Waals surface area contributed by atoms with Gasteiger partial charge >= 0.3 is 5.69 Å². The molecule has 0 aliphatic carbocycles. The third kappa shape index (κ3) is 4.98. The molecule has 0 bridgehead atoms. The van der Waals surface area contributed by atoms with Crippen LogP contribution in [0, 0.1) is 10.1 Å². The van der Waals surface area contributed by atoms with Crippen LogP contribution >= 0.6 is 15.9 Å². The van der Waals surface area contributed by atoms with Crippen molar-refractivity contribution in [1.82, 2.24) is 20.4 Å². The molecule has 10 nitrogen and oxygen atoms in total. The second-order valence-electron chi connectivity index (χ2n) is 5.50. The van der Waals surface area contributed by atoms with Gasteiger partial charge < -0.3 is 5.32 Å². The van der Waals surface area contributed by atoms with Crippen LogP contribution in [-0.2, 0) is 11.2 Å². The standard InChI is InChI=1S/C17H14BrN7O3/c18-12-6-7-13(19-9-12)22-16-15(25(27)28)17(21-10-20-16)24-23-14(26)8-11-4-2-1-3-5-11/h1-7,9-10H,8H2,(H,23,26)(H2,19,20,21,22,24). The third-order valence-electron chi connectivity index (χ3n) is 3.51. The molecule has 0 atom stereocenters. The molecule has 1 aromatic carbocycles. The second-order valence-corrected chi connectivity index (χ2v) is 6.41. The van der Waals surface area contributed by atoms with Gasteiger partial charge in [-0.3, -0.25) is 25.8 Å². The highest BCUT2D eigenvalue weighted by molar-refractivity contribution is 9.10. The van der Waals surface area contributed by atoms with Crippen molar-refractivity contribution in [3.05, 3.63) is 75.1 Å². The Bertz CT molecular complexity index is 984. The van der Waals surface area contributed by atoms with Gasteiger partial charge in [-0.1, -0.05) is 30.3 Å². The summed E-state index contributed by atoms with van der Waals surface area (Å²) in [6, 6.07) is 12.5. The summed E-state index contributed by atoms with van der Waals surface area (Å²) in [5.41, 5.74) is 5.28. The molecule has 28 heavy (non-hydrogen) atoms. The van der Waals surface area contributed by atoms with E-state index in [-0.39, 0.29) is 24.0 Å². The normalized spacial score (nSPS) is 10.2. The van der Waals surface area contributed by atoms with Crippen molar-refractivity contribution in [3.63, 3.8) is 0 Å². The summed E-state index contributed by atoms with van der Waals surface area (Å²) in [5.74, 6) is -0.220. The highest BCUT2D eigenvalue weighted by Crippen LogP contribution is 2.30. The van der Waals surface area contributed by atoms with E-state index in [2.05, 4.69) is 47.1 Å². The molecule has 2 heterocycles. The van der Waals surface area contributed by atoms with Gasteiger partial charge in [0.05, 0.1) is 11.3 Å². The maximum atomic E-state index is 12.1. The van der Waals surface area contributed by atoms with Crippen molar-refractivity contribution in [2.45, 2.75) is 6.42 Å². The number of pyridine rings is 1. The minimum atomic E-state index is -0.646. The zero-order valence-electron chi connectivity index (χ0n) is 14.3. The number of nitrogens with one attached hydrogen (secondary N) is 3. The summed E-state index contributed by atoms with van der Waals surface area (Å²) in [6.07, 6.45) is 2.79. The van der Waals surface area contributed by atoms with Crippen molar-refractivity contribution < 1.29 is 9.72 Å². The summed E-state index contributed by atoms with van der Waals surface area (Å²) < 4.78 is 0.763. The average Bonchev–Trinajstić information content (AvgIpc) is 2.69. The Hall–Kier alpha value is -3.60. The number of hydrogen-bond donors (Lipinski definition) is 3. The molecule has 3 rings (SSSR count). The number of benzene rings is 1. The van der Waals surface area contributed by atoms with Crippen LogP contribution in [0.25, 0.3) is 0 Å². The highest BCUT2D eigenvalue weighted by atomic mass is 79.9. The number of aromatic nitrogens is 3. The van der Waals surface area contributed by atoms with E-state index in [1.54, 1.807) is 30.5 Å². The lowest BCUT2D eigenvalue weighted by atomic mass is 10.1. The number of nitro groups is 1.